The van der Waals surface area contributed by atoms with Crippen molar-refractivity contribution < 1.29 is 24.2 Å². The number of pyridine rings is 2. The van der Waals surface area contributed by atoms with Crippen molar-refractivity contribution in [2.75, 3.05) is 26.7 Å². The molecule has 35 heavy (non-hydrogen) atoms. The predicted molar refractivity (Wildman–Crippen MR) is 130 cm³/mol. The van der Waals surface area contributed by atoms with Gasteiger partial charge in [-0.05, 0) is 49.2 Å². The van der Waals surface area contributed by atoms with Gasteiger partial charge in [0.2, 0.25) is 0 Å². The molecule has 0 saturated carbocycles. The Labute approximate surface area is 201 Å². The Morgan fingerprint density at radius 1 is 1.20 bits per heavy atom. The van der Waals surface area contributed by atoms with Crippen molar-refractivity contribution >= 4 is 23.0 Å². The summed E-state index contributed by atoms with van der Waals surface area (Å²) in [6.07, 6.45) is 0.733. The molecule has 3 aromatic rings. The van der Waals surface area contributed by atoms with Crippen LogP contribution in [0.4, 0.5) is 9.18 Å². The largest absolute Gasteiger partial charge is 0.505 e. The van der Waals surface area contributed by atoms with Crippen LogP contribution in [0.15, 0.2) is 41.3 Å². The molecule has 2 heterocycles. The second-order valence-electron chi connectivity index (χ2n) is 7.67. The number of nitrogens with zero attached hydrogens (tertiary/aromatic N) is 3. The number of nitrogens with two attached hydrogens (primary N) is 1. The van der Waals surface area contributed by atoms with Crippen LogP contribution in [0, 0.1) is 5.82 Å². The van der Waals surface area contributed by atoms with Crippen LogP contribution in [-0.2, 0) is 13.0 Å². The van der Waals surface area contributed by atoms with E-state index in [1.54, 1.807) is 25.1 Å². The van der Waals surface area contributed by atoms with Gasteiger partial charge in [-0.25, -0.2) is 9.18 Å². The number of benzene rings is 1. The first-order valence-corrected chi connectivity index (χ1v) is 11.1. The Kier molecular flexibility index (Phi) is 9.71. The molecule has 0 unspecified atom stereocenters. The minimum atomic E-state index is -1.17. The SMILES string of the molecule is CCN.CCNC(=O)c1c(O)c2ncc(Cc3ccc(F)cc3)cc2n(CCN(C)C(=O)O)c1=O. The van der Waals surface area contributed by atoms with Gasteiger partial charge in [-0.2, -0.15) is 0 Å². The number of aromatic hydroxyl groups is 1. The van der Waals surface area contributed by atoms with E-state index in [2.05, 4.69) is 10.3 Å². The number of hydrogen-bond acceptors (Lipinski definition) is 6. The van der Waals surface area contributed by atoms with Crippen LogP contribution < -0.4 is 16.6 Å². The molecule has 1 aromatic carbocycles. The van der Waals surface area contributed by atoms with Gasteiger partial charge in [0.15, 0.2) is 5.75 Å². The topological polar surface area (TPSA) is 151 Å². The lowest BCUT2D eigenvalue weighted by atomic mass is 10.1. The lowest BCUT2D eigenvalue weighted by Crippen LogP contribution is -2.36. The number of likely N-dealkylation sites (N-methyl/N-ethyl adjacent to an activating group) is 1. The monoisotopic (exact) mass is 487 g/mol. The number of fused-ring (bicyclic) bond motifs is 1. The van der Waals surface area contributed by atoms with E-state index in [9.17, 15) is 23.9 Å². The smallest absolute Gasteiger partial charge is 0.407 e. The first-order valence-electron chi connectivity index (χ1n) is 11.1. The van der Waals surface area contributed by atoms with Crippen LogP contribution in [0.25, 0.3) is 11.0 Å². The summed E-state index contributed by atoms with van der Waals surface area (Å²) in [6.45, 7) is 4.51. The minimum absolute atomic E-state index is 0.0217. The van der Waals surface area contributed by atoms with Crippen molar-refractivity contribution in [1.82, 2.24) is 19.8 Å². The minimum Gasteiger partial charge on any atom is -0.505 e. The van der Waals surface area contributed by atoms with Crippen LogP contribution in [0.2, 0.25) is 0 Å². The lowest BCUT2D eigenvalue weighted by Gasteiger charge is -2.18. The fourth-order valence-electron chi connectivity index (χ4n) is 3.30. The van der Waals surface area contributed by atoms with E-state index < -0.39 is 28.9 Å². The van der Waals surface area contributed by atoms with E-state index in [1.165, 1.54) is 29.9 Å². The number of halogens is 1. The summed E-state index contributed by atoms with van der Waals surface area (Å²) < 4.78 is 14.4. The third kappa shape index (κ3) is 6.76. The van der Waals surface area contributed by atoms with Crippen LogP contribution in [0.1, 0.15) is 35.3 Å². The Morgan fingerprint density at radius 2 is 1.83 bits per heavy atom. The maximum absolute atomic E-state index is 13.2. The second-order valence-corrected chi connectivity index (χ2v) is 7.67. The predicted octanol–water partition coefficient (Wildman–Crippen LogP) is 2.16. The van der Waals surface area contributed by atoms with Gasteiger partial charge in [0.1, 0.15) is 16.9 Å². The number of amides is 2. The highest BCUT2D eigenvalue weighted by atomic mass is 19.1. The molecule has 11 heteroatoms. The molecule has 2 amide bonds. The summed E-state index contributed by atoms with van der Waals surface area (Å²) in [6, 6.07) is 7.58. The summed E-state index contributed by atoms with van der Waals surface area (Å²) in [5.74, 6) is -1.63. The van der Waals surface area contributed by atoms with Crippen LogP contribution in [0.3, 0.4) is 0 Å². The molecule has 0 saturated heterocycles. The zero-order valence-corrected chi connectivity index (χ0v) is 19.9. The molecule has 0 spiro atoms. The highest BCUT2D eigenvalue weighted by molar-refractivity contribution is 6.01. The maximum Gasteiger partial charge on any atom is 0.407 e. The molecule has 0 aliphatic rings. The normalized spacial score (nSPS) is 10.4. The summed E-state index contributed by atoms with van der Waals surface area (Å²) in [7, 11) is 1.36. The average molecular weight is 488 g/mol. The van der Waals surface area contributed by atoms with E-state index in [1.807, 2.05) is 6.92 Å². The second kappa shape index (κ2) is 12.5. The van der Waals surface area contributed by atoms with Crippen molar-refractivity contribution in [3.8, 4) is 5.75 Å². The molecule has 0 aliphatic carbocycles. The Bertz CT molecular complexity index is 1240. The standard InChI is InChI=1S/C22H23FN4O5.C2H7N/c1-3-24-20(29)17-19(28)18-16(27(21(17)30)9-8-26(2)22(31)32)11-14(12-25-18)10-13-4-6-15(23)7-5-13;1-2-3/h4-7,11-12,28H,3,8-10H2,1-2H3,(H,24,29)(H,31,32);2-3H2,1H3. The zero-order valence-electron chi connectivity index (χ0n) is 19.9. The van der Waals surface area contributed by atoms with Crippen LogP contribution in [0.5, 0.6) is 5.75 Å². The molecule has 0 atom stereocenters. The molecular weight excluding hydrogens is 457 g/mol. The number of nitrogens with one attached hydrogen (secondary N) is 1. The molecule has 188 valence electrons. The molecule has 0 aliphatic heterocycles. The van der Waals surface area contributed by atoms with Crippen molar-refractivity contribution in [1.29, 1.82) is 0 Å². The third-order valence-electron chi connectivity index (χ3n) is 5.01. The summed E-state index contributed by atoms with van der Waals surface area (Å²) in [5, 5.41) is 22.3. The molecule has 2 aromatic heterocycles. The summed E-state index contributed by atoms with van der Waals surface area (Å²) >= 11 is 0. The van der Waals surface area contributed by atoms with Gasteiger partial charge in [-0.15, -0.1) is 0 Å². The Hall–Kier alpha value is -3.99. The number of carbonyl (C=O) groups is 2. The van der Waals surface area contributed by atoms with Gasteiger partial charge in [0.05, 0.1) is 5.52 Å². The van der Waals surface area contributed by atoms with Crippen molar-refractivity contribution in [3.05, 3.63) is 69.4 Å². The van der Waals surface area contributed by atoms with E-state index in [0.717, 1.165) is 17.0 Å². The molecule has 3 rings (SSSR count). The maximum atomic E-state index is 13.2. The van der Waals surface area contributed by atoms with Crippen molar-refractivity contribution in [3.63, 3.8) is 0 Å². The third-order valence-corrected chi connectivity index (χ3v) is 5.01. The van der Waals surface area contributed by atoms with Crippen LogP contribution in [-0.4, -0.2) is 63.3 Å². The van der Waals surface area contributed by atoms with Gasteiger partial charge in [-0.1, -0.05) is 19.1 Å². The molecule has 5 N–H and O–H groups in total. The van der Waals surface area contributed by atoms with Crippen molar-refractivity contribution in [2.24, 2.45) is 5.73 Å². The van der Waals surface area contributed by atoms with Gasteiger partial charge in [0, 0.05) is 32.9 Å². The highest BCUT2D eigenvalue weighted by Gasteiger charge is 2.23. The fraction of sp³-hybridized carbons (Fsp3) is 0.333. The van der Waals surface area contributed by atoms with Gasteiger partial charge in [-0.3, -0.25) is 14.6 Å². The summed E-state index contributed by atoms with van der Waals surface area (Å²) in [5.41, 5.74) is 5.46. The number of aromatic nitrogens is 2. The summed E-state index contributed by atoms with van der Waals surface area (Å²) in [4.78, 5) is 42.0. The lowest BCUT2D eigenvalue weighted by molar-refractivity contribution is 0.0950. The average Bonchev–Trinajstić information content (AvgIpc) is 2.81. The van der Waals surface area contributed by atoms with Gasteiger partial charge >= 0.3 is 6.09 Å². The molecule has 10 nitrogen and oxygen atoms in total. The van der Waals surface area contributed by atoms with E-state index >= 15 is 0 Å². The fourth-order valence-corrected chi connectivity index (χ4v) is 3.30. The molecule has 0 bridgehead atoms. The number of carboxylic acid groups (broad SMARTS) is 1. The van der Waals surface area contributed by atoms with Gasteiger partial charge < -0.3 is 30.7 Å². The molecular formula is C24H30FN5O5. The molecule has 0 radical (unpaired) electrons. The number of rotatable bonds is 7. The van der Waals surface area contributed by atoms with Crippen LogP contribution >= 0.6 is 0 Å². The number of hydrogen-bond donors (Lipinski definition) is 4. The highest BCUT2D eigenvalue weighted by Crippen LogP contribution is 2.26. The van der Waals surface area contributed by atoms with E-state index in [0.29, 0.717) is 12.0 Å². The Morgan fingerprint density at radius 3 is 2.40 bits per heavy atom. The first kappa shape index (κ1) is 27.3. The Balaban J connectivity index is 0.00000137. The van der Waals surface area contributed by atoms with E-state index in [-0.39, 0.29) is 36.5 Å². The zero-order chi connectivity index (χ0) is 26.1. The molecule has 0 fully saturated rings. The van der Waals surface area contributed by atoms with Gasteiger partial charge in [0.25, 0.3) is 11.5 Å². The van der Waals surface area contributed by atoms with Crippen molar-refractivity contribution in [2.45, 2.75) is 26.8 Å². The van der Waals surface area contributed by atoms with E-state index in [4.69, 9.17) is 10.8 Å². The number of carbonyl (C=O) groups excluding carboxylic acids is 1. The quantitative estimate of drug-likeness (QED) is 0.399. The first-order chi connectivity index (χ1) is 16.6.